The van der Waals surface area contributed by atoms with Gasteiger partial charge >= 0.3 is 21.2 Å². The Bertz CT molecular complexity index is 1720. The molecule has 1 saturated heterocycles. The number of rotatable bonds is 8. The molecule has 1 aliphatic heterocycles. The fourth-order valence-corrected chi connectivity index (χ4v) is 7.79. The van der Waals surface area contributed by atoms with E-state index in [0.717, 1.165) is 18.9 Å². The number of carbonyl (C=O) groups is 1. The average Bonchev–Trinajstić information content (AvgIpc) is 3.77. The zero-order valence-corrected chi connectivity index (χ0v) is 25.1. The van der Waals surface area contributed by atoms with Crippen molar-refractivity contribution in [1.82, 2.24) is 9.47 Å². The van der Waals surface area contributed by atoms with Gasteiger partial charge in [-0.3, -0.25) is 13.9 Å². The highest BCUT2D eigenvalue weighted by atomic mass is 32.1. The van der Waals surface area contributed by atoms with Crippen LogP contribution in [-0.2, 0) is 15.6 Å². The maximum Gasteiger partial charge on any atom is 0.341 e. The molecular weight excluding hydrogens is 627 g/mol. The highest BCUT2D eigenvalue weighted by Gasteiger charge is 2.43. The molecule has 2 aliphatic rings. The standard InChI is InChI=1S/C26H28FN3O10P2S/c27-20-12-18-21(30(16-3-4-16)14-19(24(18)31)25(32)33)13-22(20)28-7-9-29(10-8-28)26(43)40-17-5-1-15(2-6-17)11-23(41(34,35)36)42(37,38)39/h1-2,5-6,12-14,16,23H,3-4,7-11H2,(H,32,33)(H2,34,35,36)(H2,37,38,39). The lowest BCUT2D eigenvalue weighted by atomic mass is 10.1. The first-order chi connectivity index (χ1) is 20.1. The third kappa shape index (κ3) is 6.83. The van der Waals surface area contributed by atoms with Crippen LogP contribution in [0.5, 0.6) is 5.75 Å². The summed E-state index contributed by atoms with van der Waals surface area (Å²) in [5.74, 6) is -1.69. The summed E-state index contributed by atoms with van der Waals surface area (Å²) in [4.78, 5) is 65.3. The van der Waals surface area contributed by atoms with Crippen molar-refractivity contribution in [1.29, 1.82) is 0 Å². The highest BCUT2D eigenvalue weighted by molar-refractivity contribution is 7.80. The fourth-order valence-electron chi connectivity index (χ4n) is 5.04. The Balaban J connectivity index is 1.25. The number of aromatic carboxylic acids is 1. The van der Waals surface area contributed by atoms with Gasteiger partial charge in [0.25, 0.3) is 5.17 Å². The first kappa shape index (κ1) is 31.3. The number of hydrogen-bond acceptors (Lipinski definition) is 7. The molecule has 0 atom stereocenters. The molecule has 1 saturated carbocycles. The van der Waals surface area contributed by atoms with Crippen LogP contribution in [0.15, 0.2) is 47.4 Å². The Labute approximate surface area is 249 Å². The van der Waals surface area contributed by atoms with Gasteiger partial charge < -0.3 is 43.8 Å². The van der Waals surface area contributed by atoms with Crippen molar-refractivity contribution in [3.8, 4) is 5.75 Å². The van der Waals surface area contributed by atoms with Gasteiger partial charge in [-0.1, -0.05) is 12.1 Å². The summed E-state index contributed by atoms with van der Waals surface area (Å²) in [6.45, 7) is 1.51. The molecule has 0 spiro atoms. The lowest BCUT2D eigenvalue weighted by molar-refractivity contribution is 0.0694. The Kier molecular flexibility index (Phi) is 8.53. The third-order valence-corrected chi connectivity index (χ3v) is 11.5. The van der Waals surface area contributed by atoms with E-state index in [1.807, 2.05) is 4.90 Å². The van der Waals surface area contributed by atoms with E-state index in [1.54, 1.807) is 15.5 Å². The number of anilines is 1. The van der Waals surface area contributed by atoms with E-state index >= 15 is 4.39 Å². The number of fused-ring (bicyclic) bond motifs is 1. The van der Waals surface area contributed by atoms with Gasteiger partial charge in [0.15, 0.2) is 5.40 Å². The molecule has 0 bridgehead atoms. The smallest absolute Gasteiger partial charge is 0.341 e. The molecule has 0 unspecified atom stereocenters. The number of carboxylic acids is 1. The van der Waals surface area contributed by atoms with E-state index < -0.39 is 49.8 Å². The quantitative estimate of drug-likeness (QED) is 0.176. The second kappa shape index (κ2) is 11.7. The maximum atomic E-state index is 15.3. The normalized spacial score (nSPS) is 16.1. The number of benzene rings is 2. The number of piperazine rings is 1. The van der Waals surface area contributed by atoms with Crippen molar-refractivity contribution < 1.29 is 47.7 Å². The van der Waals surface area contributed by atoms with Gasteiger partial charge in [-0.15, -0.1) is 0 Å². The molecular formula is C26H28FN3O10P2S. The summed E-state index contributed by atoms with van der Waals surface area (Å²) in [7, 11) is -10.1. The van der Waals surface area contributed by atoms with Crippen LogP contribution in [0, 0.1) is 5.82 Å². The minimum absolute atomic E-state index is 0.0197. The van der Waals surface area contributed by atoms with E-state index in [4.69, 9.17) is 17.0 Å². The minimum Gasteiger partial charge on any atom is -0.477 e. The van der Waals surface area contributed by atoms with Crippen LogP contribution in [0.4, 0.5) is 10.1 Å². The number of pyridine rings is 1. The Morgan fingerprint density at radius 1 is 1.02 bits per heavy atom. The molecule has 13 nitrogen and oxygen atoms in total. The number of nitrogens with zero attached hydrogens (tertiary/aromatic N) is 3. The van der Waals surface area contributed by atoms with Gasteiger partial charge in [0.1, 0.15) is 17.1 Å². The molecule has 3 aromatic rings. The lowest BCUT2D eigenvalue weighted by Crippen LogP contribution is -2.49. The van der Waals surface area contributed by atoms with E-state index in [0.29, 0.717) is 37.4 Å². The summed E-state index contributed by atoms with van der Waals surface area (Å²) < 4.78 is 45.8. The number of hydrogen-bond donors (Lipinski definition) is 5. The fraction of sp³-hybridized carbons (Fsp3) is 0.346. The molecule has 2 heterocycles. The predicted octanol–water partition coefficient (Wildman–Crippen LogP) is 2.88. The zero-order valence-electron chi connectivity index (χ0n) is 22.4. The molecule has 1 aliphatic carbocycles. The Hall–Kier alpha value is -3.16. The molecule has 5 rings (SSSR count). The van der Waals surface area contributed by atoms with E-state index in [-0.39, 0.29) is 27.9 Å². The van der Waals surface area contributed by atoms with E-state index in [9.17, 15) is 43.4 Å². The molecule has 2 aromatic carbocycles. The summed E-state index contributed by atoms with van der Waals surface area (Å²) in [6.07, 6.45) is 2.47. The van der Waals surface area contributed by atoms with Crippen LogP contribution in [0.2, 0.25) is 0 Å². The van der Waals surface area contributed by atoms with E-state index in [2.05, 4.69) is 0 Å². The van der Waals surface area contributed by atoms with Crippen LogP contribution < -0.4 is 15.1 Å². The molecule has 43 heavy (non-hydrogen) atoms. The monoisotopic (exact) mass is 655 g/mol. The van der Waals surface area contributed by atoms with Crippen LogP contribution >= 0.6 is 27.4 Å². The summed E-state index contributed by atoms with van der Waals surface area (Å²) in [5, 5.41) is 7.45. The summed E-state index contributed by atoms with van der Waals surface area (Å²) in [6, 6.07) is 8.53. The molecule has 17 heteroatoms. The van der Waals surface area contributed by atoms with Crippen molar-refractivity contribution in [2.45, 2.75) is 30.7 Å². The topological polar surface area (TPSA) is 190 Å². The molecule has 230 valence electrons. The van der Waals surface area contributed by atoms with Crippen LogP contribution in [0.1, 0.15) is 34.8 Å². The number of carboxylic acid groups (broad SMARTS) is 1. The van der Waals surface area contributed by atoms with Crippen molar-refractivity contribution in [2.24, 2.45) is 0 Å². The highest BCUT2D eigenvalue weighted by Crippen LogP contribution is 2.60. The molecule has 2 fully saturated rings. The van der Waals surface area contributed by atoms with Gasteiger partial charge in [0.2, 0.25) is 5.43 Å². The van der Waals surface area contributed by atoms with Crippen LogP contribution in [0.3, 0.4) is 0 Å². The third-order valence-electron chi connectivity index (χ3n) is 7.47. The molecule has 0 radical (unpaired) electrons. The van der Waals surface area contributed by atoms with Crippen molar-refractivity contribution in [2.75, 3.05) is 31.1 Å². The number of thiocarbonyl (C=S) groups is 1. The molecule has 5 N–H and O–H groups in total. The van der Waals surface area contributed by atoms with Crippen molar-refractivity contribution >= 4 is 55.1 Å². The largest absolute Gasteiger partial charge is 0.477 e. The average molecular weight is 656 g/mol. The minimum atomic E-state index is -5.06. The first-order valence-electron chi connectivity index (χ1n) is 13.2. The van der Waals surface area contributed by atoms with Gasteiger partial charge in [-0.25, -0.2) is 9.18 Å². The second-order valence-electron chi connectivity index (χ2n) is 10.5. The SMILES string of the molecule is O=C(O)c1cn(C2CC2)c2cc(N3CCN(C(=S)Oc4ccc(CC(P(=O)(O)O)P(=O)(O)O)cc4)CC3)c(F)cc2c1=O. The van der Waals surface area contributed by atoms with Gasteiger partial charge in [0.05, 0.1) is 11.2 Å². The van der Waals surface area contributed by atoms with E-state index in [1.165, 1.54) is 30.5 Å². The maximum absolute atomic E-state index is 15.3. The van der Waals surface area contributed by atoms with Gasteiger partial charge in [-0.05, 0) is 61.3 Å². The van der Waals surface area contributed by atoms with Crippen molar-refractivity contribution in [3.63, 3.8) is 0 Å². The van der Waals surface area contributed by atoms with Crippen LogP contribution in [0.25, 0.3) is 10.9 Å². The van der Waals surface area contributed by atoms with Crippen LogP contribution in [-0.4, -0.2) is 76.9 Å². The summed E-state index contributed by atoms with van der Waals surface area (Å²) >= 11 is 5.42. The molecule has 1 aromatic heterocycles. The number of aromatic nitrogens is 1. The molecule has 0 amide bonds. The van der Waals surface area contributed by atoms with Gasteiger partial charge in [-0.2, -0.15) is 0 Å². The van der Waals surface area contributed by atoms with Gasteiger partial charge in [0, 0.05) is 43.8 Å². The first-order valence-corrected chi connectivity index (χ1v) is 16.9. The number of ether oxygens (including phenoxy) is 1. The lowest BCUT2D eigenvalue weighted by Gasteiger charge is -2.37. The second-order valence-corrected chi connectivity index (χ2v) is 14.8. The summed E-state index contributed by atoms with van der Waals surface area (Å²) in [5.41, 5.74) is -0.0717. The number of halogens is 1. The zero-order chi connectivity index (χ0) is 31.3. The Morgan fingerprint density at radius 2 is 1.63 bits per heavy atom. The van der Waals surface area contributed by atoms with Crippen molar-refractivity contribution in [3.05, 3.63) is 69.8 Å². The predicted molar refractivity (Wildman–Crippen MR) is 158 cm³/mol. The Morgan fingerprint density at radius 3 is 2.16 bits per heavy atom.